The highest BCUT2D eigenvalue weighted by molar-refractivity contribution is 6.04. The summed E-state index contributed by atoms with van der Waals surface area (Å²) in [5.74, 6) is -1.35. The molecule has 328 valence electrons. The lowest BCUT2D eigenvalue weighted by Crippen LogP contribution is -2.74. The number of ether oxygens (including phenoxy) is 1. The molecule has 5 fully saturated rings. The van der Waals surface area contributed by atoms with E-state index in [0.29, 0.717) is 39.1 Å². The maximum atomic E-state index is 15.0. The van der Waals surface area contributed by atoms with Crippen molar-refractivity contribution < 1.29 is 28.3 Å². The van der Waals surface area contributed by atoms with E-state index >= 15 is 4.39 Å². The molecule has 5 heterocycles. The Morgan fingerprint density at radius 1 is 0.873 bits per heavy atom. The van der Waals surface area contributed by atoms with Crippen LogP contribution >= 0.6 is 0 Å². The van der Waals surface area contributed by atoms with Crippen LogP contribution in [-0.2, 0) is 9.59 Å². The van der Waals surface area contributed by atoms with E-state index in [2.05, 4.69) is 69.4 Å². The van der Waals surface area contributed by atoms with E-state index in [9.17, 15) is 29.2 Å². The van der Waals surface area contributed by atoms with E-state index in [1.54, 1.807) is 24.3 Å². The maximum absolute atomic E-state index is 15.0. The number of anilines is 2. The molecule has 0 radical (unpaired) electrons. The monoisotopic (exact) mass is 856 g/mol. The SMILES string of the molecule is CC1(C)C(NC(=O)c2ccc(N3CCC4(CC3)CN(CC3CN(c5ccc(C(=O)N[C@H]6CCC(=O)NC6=O)c(F)c5)C3)C4)cc2)C(C)(C)C1Oc1ccc(C#N)c2[nH]c(=O)ccc12. The summed E-state index contributed by atoms with van der Waals surface area (Å²) < 4.78 is 21.6. The fourth-order valence-electron chi connectivity index (χ4n) is 11.2. The topological polar surface area (TPSA) is 180 Å². The van der Waals surface area contributed by atoms with Gasteiger partial charge in [0.05, 0.1) is 16.6 Å². The number of hydrogen-bond donors (Lipinski definition) is 4. The number of nitrogens with one attached hydrogen (secondary N) is 4. The lowest BCUT2D eigenvalue weighted by atomic mass is 9.49. The van der Waals surface area contributed by atoms with Gasteiger partial charge < -0.3 is 35.1 Å². The van der Waals surface area contributed by atoms with Crippen molar-refractivity contribution in [2.75, 3.05) is 55.6 Å². The van der Waals surface area contributed by atoms with Crippen LogP contribution in [0.1, 0.15) is 79.7 Å². The molecule has 4 N–H and O–H groups in total. The maximum Gasteiger partial charge on any atom is 0.254 e. The van der Waals surface area contributed by atoms with Gasteiger partial charge in [0.25, 0.3) is 11.8 Å². The van der Waals surface area contributed by atoms with Crippen molar-refractivity contribution >= 4 is 45.9 Å². The second-order valence-electron chi connectivity index (χ2n) is 19.5. The van der Waals surface area contributed by atoms with Gasteiger partial charge in [0.2, 0.25) is 17.4 Å². The molecule has 14 nitrogen and oxygen atoms in total. The third kappa shape index (κ3) is 7.79. The minimum Gasteiger partial charge on any atom is -0.488 e. The standard InChI is InChI=1S/C48H53FN8O6/c1-46(2)44(47(3,4)45(46)63-37-14-7-30(22-50)40-34(37)12-15-38(58)52-40)54-41(60)29-5-8-31(9-6-29)56-19-17-48(18-20-56)26-55(27-48)23-28-24-57(25-28)32-10-11-33(35(49)21-32)42(61)51-36-13-16-39(59)53-43(36)62/h5-12,14-15,21,28,36,44-45H,13,16-20,23-27H2,1-4H3,(H,51,61)(H,52,58)(H,54,60)(H,53,59,62)/t36-,44?,45?/m0/s1. The van der Waals surface area contributed by atoms with Gasteiger partial charge in [-0.3, -0.25) is 29.3 Å². The van der Waals surface area contributed by atoms with Gasteiger partial charge in [-0.15, -0.1) is 0 Å². The molecule has 1 spiro atoms. The highest BCUT2D eigenvalue weighted by Gasteiger charge is 2.64. The average molecular weight is 857 g/mol. The number of likely N-dealkylation sites (tertiary alicyclic amines) is 1. The predicted octanol–water partition coefficient (Wildman–Crippen LogP) is 4.72. The number of carbonyl (C=O) groups is 4. The summed E-state index contributed by atoms with van der Waals surface area (Å²) in [5.41, 5.74) is 2.33. The number of imide groups is 1. The summed E-state index contributed by atoms with van der Waals surface area (Å²) in [7, 11) is 0. The van der Waals surface area contributed by atoms with Crippen molar-refractivity contribution in [2.24, 2.45) is 22.2 Å². The molecule has 5 aliphatic rings. The molecule has 9 rings (SSSR count). The van der Waals surface area contributed by atoms with Crippen LogP contribution in [0.3, 0.4) is 0 Å². The Kier molecular flexibility index (Phi) is 10.6. The van der Waals surface area contributed by atoms with Gasteiger partial charge >= 0.3 is 0 Å². The summed E-state index contributed by atoms with van der Waals surface area (Å²) in [6, 6.07) is 20.1. The van der Waals surface area contributed by atoms with Crippen molar-refractivity contribution in [3.63, 3.8) is 0 Å². The molecule has 1 saturated carbocycles. The number of piperidine rings is 2. The molecule has 0 unspecified atom stereocenters. The number of carbonyl (C=O) groups excluding carboxylic acids is 4. The Balaban J connectivity index is 0.716. The molecule has 15 heteroatoms. The largest absolute Gasteiger partial charge is 0.488 e. The Labute approximate surface area is 365 Å². The number of halogens is 1. The fraction of sp³-hybridized carbons (Fsp3) is 0.458. The van der Waals surface area contributed by atoms with Crippen molar-refractivity contribution in [1.82, 2.24) is 25.8 Å². The Morgan fingerprint density at radius 3 is 2.24 bits per heavy atom. The van der Waals surface area contributed by atoms with Gasteiger partial charge in [-0.1, -0.05) is 27.7 Å². The van der Waals surface area contributed by atoms with E-state index in [1.165, 1.54) is 18.2 Å². The van der Waals surface area contributed by atoms with E-state index < -0.39 is 34.5 Å². The molecule has 1 atom stereocenters. The van der Waals surface area contributed by atoms with Gasteiger partial charge in [-0.25, -0.2) is 4.39 Å². The van der Waals surface area contributed by atoms with Crippen LogP contribution in [0.4, 0.5) is 15.8 Å². The van der Waals surface area contributed by atoms with Crippen LogP contribution in [0.15, 0.2) is 71.5 Å². The number of hydrogen-bond acceptors (Lipinski definition) is 10. The summed E-state index contributed by atoms with van der Waals surface area (Å²) in [4.78, 5) is 71.6. The van der Waals surface area contributed by atoms with Gasteiger partial charge in [-0.2, -0.15) is 5.26 Å². The third-order valence-corrected chi connectivity index (χ3v) is 14.4. The highest BCUT2D eigenvalue weighted by atomic mass is 19.1. The number of nitriles is 1. The van der Waals surface area contributed by atoms with Crippen LogP contribution < -0.4 is 36.0 Å². The van der Waals surface area contributed by atoms with E-state index in [0.717, 1.165) is 70.0 Å². The number of amides is 4. The number of nitrogens with zero attached hydrogens (tertiary/aromatic N) is 4. The molecule has 0 bridgehead atoms. The number of H-pyrrole nitrogens is 1. The summed E-state index contributed by atoms with van der Waals surface area (Å²) in [5, 5.41) is 18.3. The van der Waals surface area contributed by atoms with Gasteiger partial charge in [0.15, 0.2) is 0 Å². The first-order valence-corrected chi connectivity index (χ1v) is 21.8. The molecule has 4 saturated heterocycles. The predicted molar refractivity (Wildman–Crippen MR) is 235 cm³/mol. The van der Waals surface area contributed by atoms with Crippen molar-refractivity contribution in [1.29, 1.82) is 5.26 Å². The number of aromatic amines is 1. The van der Waals surface area contributed by atoms with Crippen molar-refractivity contribution in [3.8, 4) is 11.8 Å². The van der Waals surface area contributed by atoms with Gasteiger partial charge in [0, 0.05) is 103 Å². The third-order valence-electron chi connectivity index (χ3n) is 14.4. The van der Waals surface area contributed by atoms with E-state index in [1.807, 2.05) is 24.3 Å². The number of aromatic nitrogens is 1. The van der Waals surface area contributed by atoms with E-state index in [4.69, 9.17) is 4.74 Å². The lowest BCUT2D eigenvalue weighted by molar-refractivity contribution is -0.163. The van der Waals surface area contributed by atoms with Crippen LogP contribution in [0, 0.1) is 39.3 Å². The number of rotatable bonds is 10. The molecular formula is C48H53FN8O6. The zero-order valence-electron chi connectivity index (χ0n) is 36.1. The normalized spacial score (nSPS) is 23.8. The van der Waals surface area contributed by atoms with Crippen LogP contribution in [0.25, 0.3) is 10.9 Å². The second kappa shape index (κ2) is 15.8. The smallest absolute Gasteiger partial charge is 0.254 e. The second-order valence-corrected chi connectivity index (χ2v) is 19.5. The van der Waals surface area contributed by atoms with Crippen LogP contribution in [-0.4, -0.2) is 97.5 Å². The first kappa shape index (κ1) is 42.1. The molecule has 4 aliphatic heterocycles. The molecule has 3 aromatic carbocycles. The summed E-state index contributed by atoms with van der Waals surface area (Å²) in [6.07, 6.45) is 2.28. The molecule has 63 heavy (non-hydrogen) atoms. The average Bonchev–Trinajstić information content (AvgIpc) is 3.23. The van der Waals surface area contributed by atoms with Crippen molar-refractivity contribution in [3.05, 3.63) is 99.6 Å². The Hall–Kier alpha value is -6.27. The van der Waals surface area contributed by atoms with Gasteiger partial charge in [0.1, 0.15) is 29.8 Å². The minimum absolute atomic E-state index is 0.126. The molecule has 1 aliphatic carbocycles. The number of fused-ring (bicyclic) bond motifs is 1. The zero-order valence-corrected chi connectivity index (χ0v) is 36.1. The zero-order chi connectivity index (χ0) is 44.4. The molecule has 4 amide bonds. The quantitative estimate of drug-likeness (QED) is 0.163. The lowest BCUT2D eigenvalue weighted by Gasteiger charge is -2.63. The Bertz CT molecular complexity index is 2580. The minimum atomic E-state index is -0.863. The highest BCUT2D eigenvalue weighted by Crippen LogP contribution is 2.56. The number of pyridine rings is 1. The van der Waals surface area contributed by atoms with Crippen molar-refractivity contribution in [2.45, 2.75) is 71.6 Å². The first-order valence-electron chi connectivity index (χ1n) is 21.8. The van der Waals surface area contributed by atoms with Gasteiger partial charge in [-0.05, 0) is 85.3 Å². The molecule has 1 aromatic heterocycles. The summed E-state index contributed by atoms with van der Waals surface area (Å²) in [6.45, 7) is 15.1. The number of benzene rings is 3. The molecule has 4 aromatic rings. The first-order chi connectivity index (χ1) is 30.0. The fourth-order valence-corrected chi connectivity index (χ4v) is 11.2. The van der Waals surface area contributed by atoms with Crippen LogP contribution in [0.5, 0.6) is 5.75 Å². The molecular weight excluding hydrogens is 804 g/mol. The van der Waals surface area contributed by atoms with Crippen LogP contribution in [0.2, 0.25) is 0 Å². The summed E-state index contributed by atoms with van der Waals surface area (Å²) >= 11 is 0. The Morgan fingerprint density at radius 2 is 1.57 bits per heavy atom. The van der Waals surface area contributed by atoms with E-state index in [-0.39, 0.29) is 47.9 Å².